The lowest BCUT2D eigenvalue weighted by atomic mass is 10.1. The third kappa shape index (κ3) is 4.36. The van der Waals surface area contributed by atoms with Gasteiger partial charge in [0, 0.05) is 11.1 Å². The average Bonchev–Trinajstić information content (AvgIpc) is 2.87. The van der Waals surface area contributed by atoms with Crippen LogP contribution in [0.4, 0.5) is 4.79 Å². The molecule has 1 fully saturated rings. The molecule has 0 aromatic heterocycles. The van der Waals surface area contributed by atoms with Crippen molar-refractivity contribution in [3.8, 4) is 0 Å². The zero-order valence-corrected chi connectivity index (χ0v) is 12.6. The summed E-state index contributed by atoms with van der Waals surface area (Å²) in [6, 6.07) is 6.81. The third-order valence-electron chi connectivity index (χ3n) is 3.83. The van der Waals surface area contributed by atoms with Gasteiger partial charge in [-0.1, -0.05) is 23.7 Å². The lowest BCUT2D eigenvalue weighted by Gasteiger charge is -2.18. The molecule has 1 aromatic rings. The Balaban J connectivity index is 1.82. The quantitative estimate of drug-likeness (QED) is 0.800. The monoisotopic (exact) mass is 310 g/mol. The average molecular weight is 311 g/mol. The predicted octanol–water partition coefficient (Wildman–Crippen LogP) is 2.95. The van der Waals surface area contributed by atoms with Crippen LogP contribution in [0.2, 0.25) is 5.02 Å². The second kappa shape index (κ2) is 6.80. The molecule has 5 nitrogen and oxygen atoms in total. The van der Waals surface area contributed by atoms with Crippen LogP contribution in [0.15, 0.2) is 24.3 Å². The van der Waals surface area contributed by atoms with E-state index in [9.17, 15) is 9.59 Å². The molecule has 2 amide bonds. The van der Waals surface area contributed by atoms with Gasteiger partial charge in [-0.25, -0.2) is 4.79 Å². The van der Waals surface area contributed by atoms with Crippen molar-refractivity contribution in [2.24, 2.45) is 5.92 Å². The van der Waals surface area contributed by atoms with Crippen molar-refractivity contribution in [1.82, 2.24) is 10.6 Å². The third-order valence-corrected chi connectivity index (χ3v) is 4.09. The normalized spacial score (nSPS) is 22.6. The minimum absolute atomic E-state index is 0.0662. The first-order valence-corrected chi connectivity index (χ1v) is 7.39. The van der Waals surface area contributed by atoms with Crippen molar-refractivity contribution in [3.63, 3.8) is 0 Å². The van der Waals surface area contributed by atoms with E-state index in [0.29, 0.717) is 24.3 Å². The van der Waals surface area contributed by atoms with Gasteiger partial charge in [0.05, 0.1) is 12.0 Å². The van der Waals surface area contributed by atoms with E-state index in [1.807, 2.05) is 19.1 Å². The van der Waals surface area contributed by atoms with Crippen LogP contribution in [0, 0.1) is 5.92 Å². The van der Waals surface area contributed by atoms with E-state index < -0.39 is 5.97 Å². The van der Waals surface area contributed by atoms with Gasteiger partial charge in [0.15, 0.2) is 0 Å². The van der Waals surface area contributed by atoms with Crippen LogP contribution in [-0.4, -0.2) is 23.1 Å². The fraction of sp³-hybridized carbons (Fsp3) is 0.467. The molecule has 1 aliphatic carbocycles. The summed E-state index contributed by atoms with van der Waals surface area (Å²) in [5, 5.41) is 15.3. The van der Waals surface area contributed by atoms with E-state index in [1.54, 1.807) is 12.1 Å². The molecule has 1 unspecified atom stereocenters. The van der Waals surface area contributed by atoms with Gasteiger partial charge in [-0.05, 0) is 43.9 Å². The van der Waals surface area contributed by atoms with Crippen LogP contribution in [0.5, 0.6) is 0 Å². The standard InChI is InChI=1S/C15H19ClN2O3/c1-9(10-2-5-12(16)6-3-10)17-15(21)18-13-7-4-11(8-13)14(19)20/h2-3,5-6,9,11,13H,4,7-8H2,1H3,(H,19,20)(H2,17,18,21)/t9?,11-,13+/m1/s1. The summed E-state index contributed by atoms with van der Waals surface area (Å²) >= 11 is 5.83. The maximum Gasteiger partial charge on any atom is 0.315 e. The van der Waals surface area contributed by atoms with Gasteiger partial charge in [0.1, 0.15) is 0 Å². The number of urea groups is 1. The first-order valence-electron chi connectivity index (χ1n) is 7.01. The molecule has 21 heavy (non-hydrogen) atoms. The molecule has 0 bridgehead atoms. The van der Waals surface area contributed by atoms with Gasteiger partial charge in [0.25, 0.3) is 0 Å². The van der Waals surface area contributed by atoms with E-state index in [0.717, 1.165) is 5.56 Å². The highest BCUT2D eigenvalue weighted by molar-refractivity contribution is 6.30. The van der Waals surface area contributed by atoms with Crippen molar-refractivity contribution in [1.29, 1.82) is 0 Å². The van der Waals surface area contributed by atoms with E-state index in [-0.39, 0.29) is 24.0 Å². The van der Waals surface area contributed by atoms with Gasteiger partial charge in [0.2, 0.25) is 0 Å². The number of hydrogen-bond donors (Lipinski definition) is 3. The summed E-state index contributed by atoms with van der Waals surface area (Å²) in [6.45, 7) is 1.89. The second-order valence-corrected chi connectivity index (χ2v) is 5.87. The molecule has 6 heteroatoms. The zero-order valence-electron chi connectivity index (χ0n) is 11.8. The SMILES string of the molecule is CC(NC(=O)N[C@H]1CC[C@@H](C(=O)O)C1)c1ccc(Cl)cc1. The first kappa shape index (κ1) is 15.6. The number of nitrogens with one attached hydrogen (secondary N) is 2. The maximum atomic E-state index is 11.9. The summed E-state index contributed by atoms with van der Waals surface area (Å²) in [5.74, 6) is -1.13. The number of hydrogen-bond acceptors (Lipinski definition) is 2. The Morgan fingerprint density at radius 2 is 1.95 bits per heavy atom. The molecule has 1 aromatic carbocycles. The molecular weight excluding hydrogens is 292 g/mol. The number of halogens is 1. The number of carboxylic acid groups (broad SMARTS) is 1. The number of rotatable bonds is 4. The Morgan fingerprint density at radius 1 is 1.29 bits per heavy atom. The van der Waals surface area contributed by atoms with Crippen LogP contribution < -0.4 is 10.6 Å². The summed E-state index contributed by atoms with van der Waals surface area (Å²) in [7, 11) is 0. The highest BCUT2D eigenvalue weighted by Gasteiger charge is 2.30. The fourth-order valence-electron chi connectivity index (χ4n) is 2.60. The van der Waals surface area contributed by atoms with Crippen molar-refractivity contribution in [2.75, 3.05) is 0 Å². The van der Waals surface area contributed by atoms with E-state index in [4.69, 9.17) is 16.7 Å². The predicted molar refractivity (Wildman–Crippen MR) is 80.3 cm³/mol. The Labute approximate surface area is 128 Å². The van der Waals surface area contributed by atoms with Gasteiger partial charge in [-0.15, -0.1) is 0 Å². The molecule has 2 rings (SSSR count). The van der Waals surface area contributed by atoms with E-state index >= 15 is 0 Å². The number of amides is 2. The number of carbonyl (C=O) groups excluding carboxylic acids is 1. The number of aliphatic carboxylic acids is 1. The van der Waals surface area contributed by atoms with Gasteiger partial charge in [-0.3, -0.25) is 4.79 Å². The Hall–Kier alpha value is -1.75. The lowest BCUT2D eigenvalue weighted by molar-refractivity contribution is -0.141. The molecule has 0 aliphatic heterocycles. The molecular formula is C15H19ClN2O3. The number of carbonyl (C=O) groups is 2. The van der Waals surface area contributed by atoms with Crippen LogP contribution in [0.25, 0.3) is 0 Å². The fourth-order valence-corrected chi connectivity index (χ4v) is 2.72. The molecule has 1 aliphatic rings. The van der Waals surface area contributed by atoms with Crippen LogP contribution >= 0.6 is 11.6 Å². The molecule has 1 saturated carbocycles. The maximum absolute atomic E-state index is 11.9. The van der Waals surface area contributed by atoms with Crippen molar-refractivity contribution in [2.45, 2.75) is 38.3 Å². The molecule has 0 radical (unpaired) electrons. The summed E-state index contributed by atoms with van der Waals surface area (Å²) in [6.07, 6.45) is 1.82. The van der Waals surface area contributed by atoms with Gasteiger partial charge in [-0.2, -0.15) is 0 Å². The number of carboxylic acids is 1. The topological polar surface area (TPSA) is 78.4 Å². The first-order chi connectivity index (χ1) is 9.95. The van der Waals surface area contributed by atoms with E-state index in [2.05, 4.69) is 10.6 Å². The molecule has 0 spiro atoms. The molecule has 114 valence electrons. The minimum Gasteiger partial charge on any atom is -0.481 e. The summed E-state index contributed by atoms with van der Waals surface area (Å²) in [5.41, 5.74) is 0.962. The van der Waals surface area contributed by atoms with Crippen LogP contribution in [0.1, 0.15) is 37.8 Å². The van der Waals surface area contributed by atoms with E-state index in [1.165, 1.54) is 0 Å². The van der Waals surface area contributed by atoms with Gasteiger partial charge >= 0.3 is 12.0 Å². The lowest BCUT2D eigenvalue weighted by Crippen LogP contribution is -2.42. The highest BCUT2D eigenvalue weighted by atomic mass is 35.5. The molecule has 0 saturated heterocycles. The van der Waals surface area contributed by atoms with Crippen molar-refractivity contribution < 1.29 is 14.7 Å². The second-order valence-electron chi connectivity index (χ2n) is 5.44. The van der Waals surface area contributed by atoms with Gasteiger partial charge < -0.3 is 15.7 Å². The molecule has 3 N–H and O–H groups in total. The van der Waals surface area contributed by atoms with Crippen LogP contribution in [0.3, 0.4) is 0 Å². The summed E-state index contributed by atoms with van der Waals surface area (Å²) < 4.78 is 0. The van der Waals surface area contributed by atoms with Crippen molar-refractivity contribution in [3.05, 3.63) is 34.9 Å². The Bertz CT molecular complexity index is 518. The Morgan fingerprint density at radius 3 is 2.52 bits per heavy atom. The van der Waals surface area contributed by atoms with Crippen LogP contribution in [-0.2, 0) is 4.79 Å². The Kier molecular flexibility index (Phi) is 5.07. The number of benzene rings is 1. The smallest absolute Gasteiger partial charge is 0.315 e. The minimum atomic E-state index is -0.783. The molecule has 0 heterocycles. The largest absolute Gasteiger partial charge is 0.481 e. The highest BCUT2D eigenvalue weighted by Crippen LogP contribution is 2.25. The molecule has 3 atom stereocenters. The zero-order chi connectivity index (χ0) is 15.4. The van der Waals surface area contributed by atoms with Crippen molar-refractivity contribution >= 4 is 23.6 Å². The summed E-state index contributed by atoms with van der Waals surface area (Å²) in [4.78, 5) is 22.8.